The van der Waals surface area contributed by atoms with Crippen LogP contribution in [0.15, 0.2) is 195 Å². The van der Waals surface area contributed by atoms with Crippen LogP contribution in [-0.4, -0.2) is 85.8 Å². The zero-order valence-corrected chi connectivity index (χ0v) is 44.1. The van der Waals surface area contributed by atoms with Crippen molar-refractivity contribution >= 4 is 0 Å². The highest BCUT2D eigenvalue weighted by atomic mass is 16.8. The summed E-state index contributed by atoms with van der Waals surface area (Å²) in [5, 5.41) is 13.6. The predicted molar refractivity (Wildman–Crippen MR) is 294 cm³/mol. The molecule has 0 aromatic heterocycles. The van der Waals surface area contributed by atoms with Gasteiger partial charge < -0.3 is 52.5 Å². The van der Waals surface area contributed by atoms with E-state index in [4.69, 9.17) is 47.4 Å². The van der Waals surface area contributed by atoms with Crippen LogP contribution < -0.4 is 0 Å². The van der Waals surface area contributed by atoms with E-state index in [2.05, 4.69) is 13.5 Å². The minimum absolute atomic E-state index is 0.0506. The molecule has 2 fully saturated rings. The Labute approximate surface area is 451 Å². The molecule has 8 rings (SSSR count). The molecule has 6 aromatic rings. The lowest BCUT2D eigenvalue weighted by Crippen LogP contribution is -2.70. The van der Waals surface area contributed by atoms with Gasteiger partial charge in [0, 0.05) is 6.61 Å². The average Bonchev–Trinajstić information content (AvgIpc) is 3.47. The van der Waals surface area contributed by atoms with Gasteiger partial charge in [0.2, 0.25) is 0 Å². The second-order valence-electron chi connectivity index (χ2n) is 19.8. The summed E-state index contributed by atoms with van der Waals surface area (Å²) >= 11 is 0. The topological polar surface area (TPSA) is 113 Å². The molecular weight excluding hydrogens is 957 g/mol. The molecule has 0 radical (unpaired) electrons. The molecule has 0 amide bonds. The van der Waals surface area contributed by atoms with Crippen molar-refractivity contribution in [2.45, 2.75) is 152 Å². The van der Waals surface area contributed by atoms with E-state index >= 15 is 0 Å². The smallest absolute Gasteiger partial charge is 0.187 e. The summed E-state index contributed by atoms with van der Waals surface area (Å²) in [6.45, 7) is 8.41. The highest BCUT2D eigenvalue weighted by Gasteiger charge is 2.60. The van der Waals surface area contributed by atoms with E-state index in [9.17, 15) is 5.11 Å². The Morgan fingerprint density at radius 2 is 0.829 bits per heavy atom. The van der Waals surface area contributed by atoms with E-state index in [1.807, 2.05) is 182 Å². The molecule has 11 nitrogen and oxygen atoms in total. The van der Waals surface area contributed by atoms with Gasteiger partial charge in [-0.05, 0) is 46.2 Å². The second kappa shape index (κ2) is 31.1. The maximum absolute atomic E-state index is 13.6. The van der Waals surface area contributed by atoms with Crippen LogP contribution in [0.1, 0.15) is 85.3 Å². The van der Waals surface area contributed by atoms with Gasteiger partial charge in [0.25, 0.3) is 0 Å². The molecule has 0 saturated carbocycles. The molecule has 76 heavy (non-hydrogen) atoms. The maximum Gasteiger partial charge on any atom is 0.187 e. The molecule has 10 atom stereocenters. The Bertz CT molecular complexity index is 2470. The first-order valence-corrected chi connectivity index (χ1v) is 27.3. The molecule has 0 aliphatic carbocycles. The van der Waals surface area contributed by atoms with Gasteiger partial charge in [0.15, 0.2) is 12.6 Å². The maximum atomic E-state index is 13.6. The van der Waals surface area contributed by atoms with Gasteiger partial charge in [0.1, 0.15) is 48.3 Å². The summed E-state index contributed by atoms with van der Waals surface area (Å²) in [6.07, 6.45) is -0.0883. The number of unbranched alkanes of at least 4 members (excludes halogenated alkanes) is 5. The first-order chi connectivity index (χ1) is 37.5. The molecular formula is C65H78O11. The van der Waals surface area contributed by atoms with Crippen LogP contribution in [0.5, 0.6) is 0 Å². The van der Waals surface area contributed by atoms with Gasteiger partial charge in [-0.15, -0.1) is 6.58 Å². The van der Waals surface area contributed by atoms with Crippen LogP contribution in [0.4, 0.5) is 0 Å². The van der Waals surface area contributed by atoms with E-state index in [-0.39, 0.29) is 46.1 Å². The Balaban J connectivity index is 1.19. The lowest BCUT2D eigenvalue weighted by molar-refractivity contribution is -0.388. The molecule has 6 aromatic carbocycles. The number of hydrogen-bond donors (Lipinski definition) is 1. The second-order valence-corrected chi connectivity index (χ2v) is 19.8. The van der Waals surface area contributed by atoms with Gasteiger partial charge in [-0.1, -0.05) is 227 Å². The molecule has 0 spiro atoms. The van der Waals surface area contributed by atoms with Crippen molar-refractivity contribution in [3.8, 4) is 0 Å². The molecule has 0 unspecified atom stereocenters. The lowest BCUT2D eigenvalue weighted by atomic mass is 9.80. The minimum atomic E-state index is -1.77. The summed E-state index contributed by atoms with van der Waals surface area (Å²) in [7, 11) is 0. The van der Waals surface area contributed by atoms with Crippen LogP contribution in [0.2, 0.25) is 0 Å². The Hall–Kier alpha value is -5.38. The third-order valence-electron chi connectivity index (χ3n) is 13.9. The molecule has 404 valence electrons. The summed E-state index contributed by atoms with van der Waals surface area (Å²) in [5.41, 5.74) is 3.99. The predicted octanol–water partition coefficient (Wildman–Crippen LogP) is 12.3. The van der Waals surface area contributed by atoms with Gasteiger partial charge in [0.05, 0.1) is 52.9 Å². The molecule has 0 bridgehead atoms. The minimum Gasteiger partial charge on any atom is -0.384 e. The monoisotopic (exact) mass is 1030 g/mol. The number of ether oxygens (including phenoxy) is 10. The number of rotatable bonds is 32. The molecule has 2 aliphatic heterocycles. The van der Waals surface area contributed by atoms with Crippen molar-refractivity contribution in [1.82, 2.24) is 0 Å². The Kier molecular flexibility index (Phi) is 23.3. The van der Waals surface area contributed by atoms with Crippen LogP contribution in [0, 0.1) is 0 Å². The summed E-state index contributed by atoms with van der Waals surface area (Å²) in [5.74, 6) is 0. The molecule has 2 heterocycles. The SMILES string of the molecule is C=CC[C@]1(O)[C@@H](OCc2ccccc2)[C@H](O[C@H]2[C@H](OCc3ccccc3)[C@@H](OCc3ccccc3)[C@H](OCCCCCCCC)O[C@@H]2COCc2ccccc2)O[C@H](COCc2ccccc2)[C@@H]1OCc1ccccc1. The van der Waals surface area contributed by atoms with Crippen LogP contribution in [0.3, 0.4) is 0 Å². The van der Waals surface area contributed by atoms with E-state index in [0.29, 0.717) is 19.8 Å². The van der Waals surface area contributed by atoms with Crippen molar-refractivity contribution in [3.63, 3.8) is 0 Å². The quantitative estimate of drug-likeness (QED) is 0.0322. The fourth-order valence-corrected chi connectivity index (χ4v) is 9.90. The van der Waals surface area contributed by atoms with Crippen LogP contribution in [0.25, 0.3) is 0 Å². The number of aliphatic hydroxyl groups is 1. The van der Waals surface area contributed by atoms with Gasteiger partial charge in [-0.3, -0.25) is 0 Å². The summed E-state index contributed by atoms with van der Waals surface area (Å²) in [6, 6.07) is 59.8. The summed E-state index contributed by atoms with van der Waals surface area (Å²) in [4.78, 5) is 0. The van der Waals surface area contributed by atoms with Gasteiger partial charge >= 0.3 is 0 Å². The van der Waals surface area contributed by atoms with Crippen LogP contribution in [-0.2, 0) is 87.0 Å². The fourth-order valence-electron chi connectivity index (χ4n) is 9.90. The standard InChI is InChI=1S/C65H78O11/c1-3-5-6-7-8-27-41-69-63-60(71-45-53-34-21-12-22-35-53)59(70-44-52-32-19-11-20-33-52)58(56(74-63)48-67-42-50-28-15-9-16-29-50)76-64-62(73-47-55-38-25-14-26-39-55)65(66,40-4-2)61(72-46-54-36-23-13-24-37-54)57(75-64)49-68-43-51-30-17-10-18-31-51/h4,9-26,28-39,56-64,66H,2-3,5-8,27,40-49H2,1H3/t56-,57-,58-,59+,60-,61+,62+,63-,64+,65-/m1/s1. The molecule has 2 aliphatic rings. The van der Waals surface area contributed by atoms with Crippen molar-refractivity contribution in [3.05, 3.63) is 228 Å². The first-order valence-electron chi connectivity index (χ1n) is 27.3. The molecule has 11 heteroatoms. The van der Waals surface area contributed by atoms with E-state index < -0.39 is 60.9 Å². The van der Waals surface area contributed by atoms with Crippen molar-refractivity contribution < 1.29 is 52.5 Å². The highest BCUT2D eigenvalue weighted by molar-refractivity contribution is 5.19. The van der Waals surface area contributed by atoms with Crippen LogP contribution >= 0.6 is 0 Å². The normalized spacial score (nSPS) is 24.5. The van der Waals surface area contributed by atoms with Crippen molar-refractivity contribution in [2.24, 2.45) is 0 Å². The Morgan fingerprint density at radius 1 is 0.434 bits per heavy atom. The third kappa shape index (κ3) is 17.1. The fraction of sp³-hybridized carbons (Fsp3) is 0.415. The van der Waals surface area contributed by atoms with E-state index in [1.165, 1.54) is 19.3 Å². The van der Waals surface area contributed by atoms with Gasteiger partial charge in [-0.2, -0.15) is 0 Å². The van der Waals surface area contributed by atoms with Crippen molar-refractivity contribution in [2.75, 3.05) is 19.8 Å². The third-order valence-corrected chi connectivity index (χ3v) is 13.9. The first kappa shape index (κ1) is 56.8. The highest BCUT2D eigenvalue weighted by Crippen LogP contribution is 2.41. The Morgan fingerprint density at radius 3 is 1.30 bits per heavy atom. The molecule has 1 N–H and O–H groups in total. The van der Waals surface area contributed by atoms with Gasteiger partial charge in [-0.25, -0.2) is 0 Å². The number of benzene rings is 6. The molecule has 2 saturated heterocycles. The zero-order chi connectivity index (χ0) is 52.5. The largest absolute Gasteiger partial charge is 0.384 e. The van der Waals surface area contributed by atoms with E-state index in [1.54, 1.807) is 6.08 Å². The average molecular weight is 1040 g/mol. The summed E-state index contributed by atoms with van der Waals surface area (Å²) < 4.78 is 69.5. The van der Waals surface area contributed by atoms with E-state index in [0.717, 1.165) is 52.6 Å². The lowest BCUT2D eigenvalue weighted by Gasteiger charge is -2.53. The number of hydrogen-bond acceptors (Lipinski definition) is 11. The zero-order valence-electron chi connectivity index (χ0n) is 44.1. The van der Waals surface area contributed by atoms with Crippen molar-refractivity contribution in [1.29, 1.82) is 0 Å².